The molecule has 1 atom stereocenters. The minimum atomic E-state index is 0. The van der Waals surface area contributed by atoms with E-state index in [0.29, 0.717) is 6.04 Å². The summed E-state index contributed by atoms with van der Waals surface area (Å²) in [6.45, 7) is 3.39. The van der Waals surface area contributed by atoms with Crippen molar-refractivity contribution in [3.05, 3.63) is 28.7 Å². The smallest absolute Gasteiger partial charge is 0.317 e. The van der Waals surface area contributed by atoms with Crippen LogP contribution in [0.1, 0.15) is 0 Å². The summed E-state index contributed by atoms with van der Waals surface area (Å²) in [5.74, 6) is 0. The summed E-state index contributed by atoms with van der Waals surface area (Å²) in [6, 6.07) is 8.35. The summed E-state index contributed by atoms with van der Waals surface area (Å²) in [5, 5.41) is 3.33. The SMILES string of the molecule is Cl.O=C1N(c2cccc(Br)c2)CC2CNCCN12. The molecule has 0 saturated carbocycles. The van der Waals surface area contributed by atoms with Crippen LogP contribution < -0.4 is 10.2 Å². The molecule has 1 unspecified atom stereocenters. The first-order valence-corrected chi connectivity index (χ1v) is 6.59. The lowest BCUT2D eigenvalue weighted by molar-refractivity contribution is 0.193. The third kappa shape index (κ3) is 2.35. The van der Waals surface area contributed by atoms with E-state index >= 15 is 0 Å². The highest BCUT2D eigenvalue weighted by Crippen LogP contribution is 2.26. The summed E-state index contributed by atoms with van der Waals surface area (Å²) in [5.41, 5.74) is 0.971. The van der Waals surface area contributed by atoms with Crippen LogP contribution in [0.3, 0.4) is 0 Å². The monoisotopic (exact) mass is 331 g/mol. The number of amides is 2. The van der Waals surface area contributed by atoms with Gasteiger partial charge in [0.15, 0.2) is 0 Å². The summed E-state index contributed by atoms with van der Waals surface area (Å²) in [6.07, 6.45) is 0. The Kier molecular flexibility index (Phi) is 4.14. The molecule has 1 aromatic rings. The highest BCUT2D eigenvalue weighted by atomic mass is 79.9. The van der Waals surface area contributed by atoms with Crippen LogP contribution in [0.5, 0.6) is 0 Å². The van der Waals surface area contributed by atoms with E-state index in [1.807, 2.05) is 34.1 Å². The Balaban J connectivity index is 0.00000120. The average Bonchev–Trinajstić information content (AvgIpc) is 2.68. The van der Waals surface area contributed by atoms with Crippen LogP contribution in [-0.2, 0) is 0 Å². The molecular formula is C12H15BrClN3O. The van der Waals surface area contributed by atoms with Crippen LogP contribution in [-0.4, -0.2) is 43.2 Å². The number of anilines is 1. The summed E-state index contributed by atoms with van der Waals surface area (Å²) >= 11 is 3.44. The molecule has 98 valence electrons. The average molecular weight is 333 g/mol. The lowest BCUT2D eigenvalue weighted by Crippen LogP contribution is -2.49. The van der Waals surface area contributed by atoms with Crippen LogP contribution in [0.15, 0.2) is 28.7 Å². The number of hydrogen-bond acceptors (Lipinski definition) is 2. The maximum Gasteiger partial charge on any atom is 0.324 e. The van der Waals surface area contributed by atoms with Crippen LogP contribution in [0.4, 0.5) is 10.5 Å². The molecule has 1 aromatic carbocycles. The van der Waals surface area contributed by atoms with E-state index in [0.717, 1.165) is 36.3 Å². The van der Waals surface area contributed by atoms with Gasteiger partial charge in [0.1, 0.15) is 0 Å². The van der Waals surface area contributed by atoms with Gasteiger partial charge >= 0.3 is 6.03 Å². The van der Waals surface area contributed by atoms with Crippen LogP contribution in [0.25, 0.3) is 0 Å². The molecule has 0 aliphatic carbocycles. The topological polar surface area (TPSA) is 35.6 Å². The molecular weight excluding hydrogens is 318 g/mol. The number of fused-ring (bicyclic) bond motifs is 1. The van der Waals surface area contributed by atoms with Gasteiger partial charge in [-0.15, -0.1) is 12.4 Å². The Hall–Kier alpha value is -0.780. The van der Waals surface area contributed by atoms with Gasteiger partial charge in [-0.3, -0.25) is 4.90 Å². The van der Waals surface area contributed by atoms with Gasteiger partial charge in [0, 0.05) is 36.3 Å². The first kappa shape index (κ1) is 13.6. The molecule has 6 heteroatoms. The molecule has 4 nitrogen and oxygen atoms in total. The van der Waals surface area contributed by atoms with E-state index in [-0.39, 0.29) is 18.4 Å². The van der Waals surface area contributed by atoms with Crippen molar-refractivity contribution in [2.45, 2.75) is 6.04 Å². The van der Waals surface area contributed by atoms with Crippen molar-refractivity contribution in [3.8, 4) is 0 Å². The zero-order chi connectivity index (χ0) is 11.8. The van der Waals surface area contributed by atoms with Gasteiger partial charge in [-0.05, 0) is 18.2 Å². The Morgan fingerprint density at radius 2 is 2.22 bits per heavy atom. The minimum Gasteiger partial charge on any atom is -0.317 e. The second kappa shape index (κ2) is 5.47. The summed E-state index contributed by atoms with van der Waals surface area (Å²) in [7, 11) is 0. The van der Waals surface area contributed by atoms with Crippen molar-refractivity contribution in [2.75, 3.05) is 31.1 Å². The molecule has 2 fully saturated rings. The van der Waals surface area contributed by atoms with Gasteiger partial charge in [0.2, 0.25) is 0 Å². The maximum atomic E-state index is 12.3. The summed E-state index contributed by atoms with van der Waals surface area (Å²) in [4.78, 5) is 16.1. The van der Waals surface area contributed by atoms with Gasteiger partial charge in [0.05, 0.1) is 6.04 Å². The van der Waals surface area contributed by atoms with E-state index in [4.69, 9.17) is 0 Å². The second-order valence-corrected chi connectivity index (χ2v) is 5.34. The summed E-state index contributed by atoms with van der Waals surface area (Å²) < 4.78 is 1.01. The van der Waals surface area contributed by atoms with Crippen LogP contribution in [0.2, 0.25) is 0 Å². The molecule has 2 aliphatic heterocycles. The minimum absolute atomic E-state index is 0. The third-order valence-corrected chi connectivity index (χ3v) is 3.83. The first-order chi connectivity index (χ1) is 8.25. The van der Waals surface area contributed by atoms with Crippen molar-refractivity contribution < 1.29 is 4.79 Å². The first-order valence-electron chi connectivity index (χ1n) is 5.80. The van der Waals surface area contributed by atoms with Crippen molar-refractivity contribution in [3.63, 3.8) is 0 Å². The quantitative estimate of drug-likeness (QED) is 0.855. The van der Waals surface area contributed by atoms with Crippen LogP contribution >= 0.6 is 28.3 Å². The Morgan fingerprint density at radius 1 is 1.39 bits per heavy atom. The van der Waals surface area contributed by atoms with E-state index in [1.54, 1.807) is 0 Å². The van der Waals surface area contributed by atoms with Gasteiger partial charge in [-0.1, -0.05) is 22.0 Å². The van der Waals surface area contributed by atoms with Crippen molar-refractivity contribution in [1.29, 1.82) is 0 Å². The number of hydrogen-bond donors (Lipinski definition) is 1. The Morgan fingerprint density at radius 3 is 2.94 bits per heavy atom. The number of nitrogens with one attached hydrogen (secondary N) is 1. The fraction of sp³-hybridized carbons (Fsp3) is 0.417. The van der Waals surface area contributed by atoms with Crippen molar-refractivity contribution in [1.82, 2.24) is 10.2 Å². The van der Waals surface area contributed by atoms with E-state index in [1.165, 1.54) is 0 Å². The van der Waals surface area contributed by atoms with Crippen molar-refractivity contribution >= 4 is 40.1 Å². The fourth-order valence-corrected chi connectivity index (χ4v) is 2.87. The number of urea groups is 1. The van der Waals surface area contributed by atoms with E-state index in [2.05, 4.69) is 21.2 Å². The molecule has 0 aromatic heterocycles. The highest BCUT2D eigenvalue weighted by molar-refractivity contribution is 9.10. The maximum absolute atomic E-state index is 12.3. The molecule has 2 saturated heterocycles. The molecule has 1 N–H and O–H groups in total. The highest BCUT2D eigenvalue weighted by Gasteiger charge is 2.38. The zero-order valence-electron chi connectivity index (χ0n) is 9.80. The largest absolute Gasteiger partial charge is 0.324 e. The van der Waals surface area contributed by atoms with E-state index in [9.17, 15) is 4.79 Å². The number of benzene rings is 1. The van der Waals surface area contributed by atoms with Crippen LogP contribution in [0, 0.1) is 0 Å². The van der Waals surface area contributed by atoms with Crippen molar-refractivity contribution in [2.24, 2.45) is 0 Å². The standard InChI is InChI=1S/C12H14BrN3O.ClH/c13-9-2-1-3-10(6-9)16-8-11-7-14-4-5-15(11)12(16)17;/h1-3,6,11,14H,4-5,7-8H2;1H. The second-order valence-electron chi connectivity index (χ2n) is 4.42. The predicted octanol–water partition coefficient (Wildman–Crippen LogP) is 2.08. The molecule has 0 spiro atoms. The van der Waals surface area contributed by atoms with Gasteiger partial charge < -0.3 is 10.2 Å². The molecule has 2 aliphatic rings. The number of piperazine rings is 1. The molecule has 0 bridgehead atoms. The lowest BCUT2D eigenvalue weighted by Gasteiger charge is -2.28. The fourth-order valence-electron chi connectivity index (χ4n) is 2.48. The van der Waals surface area contributed by atoms with Gasteiger partial charge in [0.25, 0.3) is 0 Å². The molecule has 0 radical (unpaired) electrons. The number of nitrogens with zero attached hydrogens (tertiary/aromatic N) is 2. The number of carbonyl (C=O) groups is 1. The Bertz CT molecular complexity index is 457. The molecule has 18 heavy (non-hydrogen) atoms. The Labute approximate surface area is 121 Å². The third-order valence-electron chi connectivity index (χ3n) is 3.34. The molecule has 2 heterocycles. The molecule has 2 amide bonds. The zero-order valence-corrected chi connectivity index (χ0v) is 12.2. The lowest BCUT2D eigenvalue weighted by atomic mass is 10.2. The number of carbonyl (C=O) groups excluding carboxylic acids is 1. The van der Waals surface area contributed by atoms with Gasteiger partial charge in [-0.2, -0.15) is 0 Å². The normalized spacial score (nSPS) is 22.7. The number of rotatable bonds is 1. The predicted molar refractivity (Wildman–Crippen MR) is 77.5 cm³/mol. The number of halogens is 2. The van der Waals surface area contributed by atoms with Gasteiger partial charge in [-0.25, -0.2) is 4.79 Å². The molecule has 3 rings (SSSR count). The van der Waals surface area contributed by atoms with E-state index < -0.39 is 0 Å².